The maximum absolute atomic E-state index is 4.13. The Hall–Kier alpha value is -0.890. The van der Waals surface area contributed by atoms with Gasteiger partial charge in [0.15, 0.2) is 0 Å². The van der Waals surface area contributed by atoms with E-state index in [1.807, 2.05) is 12.4 Å². The molecule has 1 N–H and O–H groups in total. The molecule has 16 heavy (non-hydrogen) atoms. The molecule has 1 aromatic heterocycles. The molecule has 1 saturated heterocycles. The van der Waals surface area contributed by atoms with Gasteiger partial charge in [-0.1, -0.05) is 19.3 Å². The van der Waals surface area contributed by atoms with Crippen molar-refractivity contribution < 1.29 is 0 Å². The number of nitrogens with one attached hydrogen (secondary N) is 1. The molecule has 1 aromatic rings. The Balaban J connectivity index is 1.89. The Morgan fingerprint density at radius 1 is 1.12 bits per heavy atom. The zero-order chi connectivity index (χ0) is 10.8. The van der Waals surface area contributed by atoms with Gasteiger partial charge in [0.1, 0.15) is 0 Å². The van der Waals surface area contributed by atoms with Gasteiger partial charge in [-0.05, 0) is 36.0 Å². The molecule has 1 aliphatic carbocycles. The standard InChI is InChI=1S/C14H20N2/c1-2-6-14(7-3-1)11-16-10-13(14)12-4-8-15-9-5-12/h4-5,8-9,13,16H,1-3,6-7,10-11H2. The monoisotopic (exact) mass is 216 g/mol. The summed E-state index contributed by atoms with van der Waals surface area (Å²) < 4.78 is 0. The van der Waals surface area contributed by atoms with Crippen LogP contribution in [-0.2, 0) is 0 Å². The predicted octanol–water partition coefficient (Wildman–Crippen LogP) is 2.72. The topological polar surface area (TPSA) is 24.9 Å². The number of aromatic nitrogens is 1. The first-order chi connectivity index (χ1) is 7.91. The molecule has 86 valence electrons. The van der Waals surface area contributed by atoms with Crippen molar-refractivity contribution in [2.45, 2.75) is 38.0 Å². The number of rotatable bonds is 1. The lowest BCUT2D eigenvalue weighted by Gasteiger charge is -2.38. The zero-order valence-electron chi connectivity index (χ0n) is 9.78. The minimum Gasteiger partial charge on any atom is -0.316 e. The fourth-order valence-corrected chi connectivity index (χ4v) is 3.65. The molecule has 1 saturated carbocycles. The second-order valence-corrected chi connectivity index (χ2v) is 5.39. The van der Waals surface area contributed by atoms with Crippen LogP contribution in [0.15, 0.2) is 24.5 Å². The van der Waals surface area contributed by atoms with Crippen molar-refractivity contribution in [2.24, 2.45) is 5.41 Å². The highest BCUT2D eigenvalue weighted by Gasteiger charge is 2.43. The van der Waals surface area contributed by atoms with Crippen LogP contribution in [0.2, 0.25) is 0 Å². The van der Waals surface area contributed by atoms with E-state index in [2.05, 4.69) is 22.4 Å². The Labute approximate surface area is 97.5 Å². The van der Waals surface area contributed by atoms with Crippen LogP contribution >= 0.6 is 0 Å². The van der Waals surface area contributed by atoms with E-state index in [1.54, 1.807) is 0 Å². The first-order valence-corrected chi connectivity index (χ1v) is 6.51. The fraction of sp³-hybridized carbons (Fsp3) is 0.643. The maximum atomic E-state index is 4.13. The van der Waals surface area contributed by atoms with Crippen LogP contribution in [0.3, 0.4) is 0 Å². The van der Waals surface area contributed by atoms with Gasteiger partial charge < -0.3 is 5.32 Å². The van der Waals surface area contributed by atoms with Crippen LogP contribution in [0.1, 0.15) is 43.6 Å². The molecule has 2 aliphatic rings. The van der Waals surface area contributed by atoms with E-state index in [9.17, 15) is 0 Å². The van der Waals surface area contributed by atoms with Gasteiger partial charge in [0.25, 0.3) is 0 Å². The summed E-state index contributed by atoms with van der Waals surface area (Å²) in [5, 5.41) is 3.61. The normalized spacial score (nSPS) is 28.4. The first kappa shape index (κ1) is 10.3. The van der Waals surface area contributed by atoms with Crippen molar-refractivity contribution in [3.8, 4) is 0 Å². The summed E-state index contributed by atoms with van der Waals surface area (Å²) in [6.45, 7) is 2.38. The Morgan fingerprint density at radius 2 is 1.88 bits per heavy atom. The van der Waals surface area contributed by atoms with Gasteiger partial charge in [-0.15, -0.1) is 0 Å². The molecule has 0 amide bonds. The highest BCUT2D eigenvalue weighted by molar-refractivity contribution is 5.22. The molecule has 2 nitrogen and oxygen atoms in total. The van der Waals surface area contributed by atoms with Crippen LogP contribution < -0.4 is 5.32 Å². The van der Waals surface area contributed by atoms with E-state index >= 15 is 0 Å². The van der Waals surface area contributed by atoms with Gasteiger partial charge in [-0.25, -0.2) is 0 Å². The smallest absolute Gasteiger partial charge is 0.0270 e. The number of hydrogen-bond donors (Lipinski definition) is 1. The third kappa shape index (κ3) is 1.65. The number of hydrogen-bond acceptors (Lipinski definition) is 2. The molecule has 1 aliphatic heterocycles. The van der Waals surface area contributed by atoms with Crippen molar-refractivity contribution in [2.75, 3.05) is 13.1 Å². The van der Waals surface area contributed by atoms with Crippen LogP contribution in [0.5, 0.6) is 0 Å². The Morgan fingerprint density at radius 3 is 2.62 bits per heavy atom. The van der Waals surface area contributed by atoms with Crippen molar-refractivity contribution >= 4 is 0 Å². The third-order valence-corrected chi connectivity index (χ3v) is 4.52. The van der Waals surface area contributed by atoms with Crippen LogP contribution in [0.4, 0.5) is 0 Å². The summed E-state index contributed by atoms with van der Waals surface area (Å²) in [6.07, 6.45) is 11.0. The molecule has 0 bridgehead atoms. The lowest BCUT2D eigenvalue weighted by Crippen LogP contribution is -2.31. The second kappa shape index (κ2) is 4.17. The minimum atomic E-state index is 0.555. The van der Waals surface area contributed by atoms with Gasteiger partial charge in [-0.2, -0.15) is 0 Å². The molecule has 0 radical (unpaired) electrons. The van der Waals surface area contributed by atoms with E-state index in [1.165, 1.54) is 44.2 Å². The minimum absolute atomic E-state index is 0.555. The molecular weight excluding hydrogens is 196 g/mol. The summed E-state index contributed by atoms with van der Waals surface area (Å²) in [6, 6.07) is 4.40. The lowest BCUT2D eigenvalue weighted by atomic mass is 9.66. The predicted molar refractivity (Wildman–Crippen MR) is 65.4 cm³/mol. The van der Waals surface area contributed by atoms with Gasteiger partial charge in [-0.3, -0.25) is 4.98 Å². The van der Waals surface area contributed by atoms with E-state index in [0.717, 1.165) is 12.5 Å². The maximum Gasteiger partial charge on any atom is 0.0270 e. The molecule has 2 heterocycles. The lowest BCUT2D eigenvalue weighted by molar-refractivity contribution is 0.189. The largest absolute Gasteiger partial charge is 0.316 e. The zero-order valence-corrected chi connectivity index (χ0v) is 9.78. The molecule has 3 rings (SSSR count). The van der Waals surface area contributed by atoms with E-state index < -0.39 is 0 Å². The summed E-state index contributed by atoms with van der Waals surface area (Å²) in [7, 11) is 0. The van der Waals surface area contributed by atoms with E-state index in [-0.39, 0.29) is 0 Å². The molecule has 1 spiro atoms. The summed E-state index contributed by atoms with van der Waals surface area (Å²) in [5.74, 6) is 0.718. The van der Waals surface area contributed by atoms with Crippen LogP contribution in [0.25, 0.3) is 0 Å². The first-order valence-electron chi connectivity index (χ1n) is 6.51. The fourth-order valence-electron chi connectivity index (χ4n) is 3.65. The van der Waals surface area contributed by atoms with E-state index in [4.69, 9.17) is 0 Å². The van der Waals surface area contributed by atoms with Gasteiger partial charge in [0.2, 0.25) is 0 Å². The van der Waals surface area contributed by atoms with Crippen LogP contribution in [-0.4, -0.2) is 18.1 Å². The van der Waals surface area contributed by atoms with Crippen LogP contribution in [0, 0.1) is 5.41 Å². The SMILES string of the molecule is c1cc(C2CNCC23CCCCC3)ccn1. The summed E-state index contributed by atoms with van der Waals surface area (Å²) >= 11 is 0. The third-order valence-electron chi connectivity index (χ3n) is 4.52. The molecule has 1 atom stereocenters. The molecule has 0 aromatic carbocycles. The average Bonchev–Trinajstić information content (AvgIpc) is 2.75. The Bertz CT molecular complexity index is 341. The van der Waals surface area contributed by atoms with Crippen molar-refractivity contribution in [1.82, 2.24) is 10.3 Å². The van der Waals surface area contributed by atoms with Crippen molar-refractivity contribution in [3.63, 3.8) is 0 Å². The number of pyridine rings is 1. The quantitative estimate of drug-likeness (QED) is 0.780. The highest BCUT2D eigenvalue weighted by atomic mass is 14.9. The molecular formula is C14H20N2. The van der Waals surface area contributed by atoms with Crippen molar-refractivity contribution in [3.05, 3.63) is 30.1 Å². The van der Waals surface area contributed by atoms with Gasteiger partial charge in [0, 0.05) is 31.4 Å². The molecule has 2 fully saturated rings. The molecule has 1 unspecified atom stereocenters. The summed E-state index contributed by atoms with van der Waals surface area (Å²) in [5.41, 5.74) is 2.04. The molecule has 2 heteroatoms. The van der Waals surface area contributed by atoms with Crippen molar-refractivity contribution in [1.29, 1.82) is 0 Å². The average molecular weight is 216 g/mol. The highest BCUT2D eigenvalue weighted by Crippen LogP contribution is 2.49. The summed E-state index contributed by atoms with van der Waals surface area (Å²) in [4.78, 5) is 4.13. The second-order valence-electron chi connectivity index (χ2n) is 5.39. The van der Waals surface area contributed by atoms with Gasteiger partial charge >= 0.3 is 0 Å². The Kier molecular flexibility index (Phi) is 2.68. The number of nitrogens with zero attached hydrogens (tertiary/aromatic N) is 1. The van der Waals surface area contributed by atoms with E-state index in [0.29, 0.717) is 5.41 Å². The van der Waals surface area contributed by atoms with Gasteiger partial charge in [0.05, 0.1) is 0 Å².